The highest BCUT2D eigenvalue weighted by atomic mass is 15.5. The van der Waals surface area contributed by atoms with Gasteiger partial charge < -0.3 is 5.73 Å². The smallest absolute Gasteiger partial charge is 0.182 e. The van der Waals surface area contributed by atoms with Gasteiger partial charge >= 0.3 is 0 Å². The van der Waals surface area contributed by atoms with Crippen LogP contribution in [0.5, 0.6) is 0 Å². The predicted octanol–water partition coefficient (Wildman–Crippen LogP) is 0.202. The van der Waals surface area contributed by atoms with E-state index in [-0.39, 0.29) is 12.1 Å². The minimum Gasteiger partial charge on any atom is -0.326 e. The van der Waals surface area contributed by atoms with Crippen molar-refractivity contribution in [3.63, 3.8) is 0 Å². The van der Waals surface area contributed by atoms with Crippen LogP contribution in [0.25, 0.3) is 0 Å². The lowest BCUT2D eigenvalue weighted by molar-refractivity contribution is 0.377. The Morgan fingerprint density at radius 3 is 3.00 bits per heavy atom. The molecule has 1 heterocycles. The Balaban J connectivity index is 2.21. The number of hydrogen-bond donors (Lipinski definition) is 1. The molecule has 13 heavy (non-hydrogen) atoms. The van der Waals surface area contributed by atoms with Crippen molar-refractivity contribution in [3.05, 3.63) is 11.9 Å². The molecule has 0 aromatic carbocycles. The molecule has 2 N–H and O–H groups in total. The van der Waals surface area contributed by atoms with Crippen molar-refractivity contribution in [2.45, 2.75) is 31.3 Å². The first kappa shape index (κ1) is 8.20. The molecule has 5 nitrogen and oxygen atoms in total. The highest BCUT2D eigenvalue weighted by Crippen LogP contribution is 2.26. The van der Waals surface area contributed by atoms with Gasteiger partial charge in [0.2, 0.25) is 0 Å². The van der Waals surface area contributed by atoms with Crippen molar-refractivity contribution >= 4 is 0 Å². The normalized spacial score (nSPS) is 27.4. The van der Waals surface area contributed by atoms with E-state index in [9.17, 15) is 0 Å². The predicted molar refractivity (Wildman–Crippen MR) is 45.6 cm³/mol. The molecular weight excluding hydrogens is 166 g/mol. The second-order valence-corrected chi connectivity index (χ2v) is 3.32. The molecule has 1 aliphatic carbocycles. The van der Waals surface area contributed by atoms with Gasteiger partial charge in [0.15, 0.2) is 5.69 Å². The molecule has 1 aromatic rings. The largest absolute Gasteiger partial charge is 0.326 e. The molecule has 68 valence electrons. The van der Waals surface area contributed by atoms with E-state index in [1.54, 1.807) is 4.80 Å². The first-order valence-electron chi connectivity index (χ1n) is 4.39. The molecule has 1 aromatic heterocycles. The molecule has 2 rings (SSSR count). The van der Waals surface area contributed by atoms with E-state index in [0.29, 0.717) is 5.69 Å². The summed E-state index contributed by atoms with van der Waals surface area (Å²) in [5.41, 5.74) is 6.24. The van der Waals surface area contributed by atoms with Crippen LogP contribution >= 0.6 is 0 Å². The molecule has 1 fully saturated rings. The molecular formula is C8H11N5. The summed E-state index contributed by atoms with van der Waals surface area (Å²) in [6.07, 6.45) is 4.63. The maximum absolute atomic E-state index is 8.56. The summed E-state index contributed by atoms with van der Waals surface area (Å²) >= 11 is 0. The zero-order valence-electron chi connectivity index (χ0n) is 7.22. The maximum Gasteiger partial charge on any atom is 0.182 e. The Bertz CT molecular complexity index is 337. The van der Waals surface area contributed by atoms with Gasteiger partial charge in [-0.1, -0.05) is 0 Å². The van der Waals surface area contributed by atoms with E-state index in [1.807, 2.05) is 6.07 Å². The van der Waals surface area contributed by atoms with Gasteiger partial charge in [-0.2, -0.15) is 15.2 Å². The third kappa shape index (κ3) is 1.40. The van der Waals surface area contributed by atoms with E-state index in [4.69, 9.17) is 11.0 Å². The average molecular weight is 177 g/mol. The number of nitrogens with zero attached hydrogens (tertiary/aromatic N) is 4. The molecule has 1 saturated carbocycles. The summed E-state index contributed by atoms with van der Waals surface area (Å²) in [5, 5.41) is 16.6. The van der Waals surface area contributed by atoms with Crippen molar-refractivity contribution in [3.8, 4) is 6.07 Å². The number of nitrogens with two attached hydrogens (primary N) is 1. The van der Waals surface area contributed by atoms with Gasteiger partial charge in [0, 0.05) is 6.04 Å². The fourth-order valence-corrected chi connectivity index (χ4v) is 1.74. The monoisotopic (exact) mass is 177 g/mol. The molecule has 0 bridgehead atoms. The topological polar surface area (TPSA) is 80.5 Å². The van der Waals surface area contributed by atoms with Crippen LogP contribution in [0.3, 0.4) is 0 Å². The van der Waals surface area contributed by atoms with Crippen LogP contribution in [0.2, 0.25) is 0 Å². The summed E-state index contributed by atoms with van der Waals surface area (Å²) in [5.74, 6) is 0. The van der Waals surface area contributed by atoms with Crippen molar-refractivity contribution in [1.29, 1.82) is 5.26 Å². The first-order valence-corrected chi connectivity index (χ1v) is 4.39. The zero-order valence-corrected chi connectivity index (χ0v) is 7.22. The van der Waals surface area contributed by atoms with Crippen LogP contribution in [0.1, 0.15) is 31.0 Å². The molecule has 0 spiro atoms. The van der Waals surface area contributed by atoms with E-state index < -0.39 is 0 Å². The summed E-state index contributed by atoms with van der Waals surface area (Å²) in [6.45, 7) is 0. The average Bonchev–Trinajstić information content (AvgIpc) is 2.71. The number of aromatic nitrogens is 3. The van der Waals surface area contributed by atoms with Crippen LogP contribution in [0.4, 0.5) is 0 Å². The quantitative estimate of drug-likeness (QED) is 0.664. The zero-order chi connectivity index (χ0) is 9.26. The molecule has 0 amide bonds. The fraction of sp³-hybridized carbons (Fsp3) is 0.625. The molecule has 5 heteroatoms. The summed E-state index contributed by atoms with van der Waals surface area (Å²) < 4.78 is 0. The lowest BCUT2D eigenvalue weighted by atomic mass is 10.2. The van der Waals surface area contributed by atoms with Gasteiger partial charge in [-0.3, -0.25) is 0 Å². The van der Waals surface area contributed by atoms with E-state index in [1.165, 1.54) is 6.20 Å². The maximum atomic E-state index is 8.56. The number of hydrogen-bond acceptors (Lipinski definition) is 4. The third-order valence-electron chi connectivity index (χ3n) is 2.45. The third-order valence-corrected chi connectivity index (χ3v) is 2.45. The van der Waals surface area contributed by atoms with E-state index in [2.05, 4.69) is 10.2 Å². The van der Waals surface area contributed by atoms with Crippen molar-refractivity contribution in [2.24, 2.45) is 5.73 Å². The van der Waals surface area contributed by atoms with Crippen LogP contribution in [-0.2, 0) is 0 Å². The highest BCUT2D eigenvalue weighted by Gasteiger charge is 2.26. The Hall–Kier alpha value is -1.41. The fourth-order valence-electron chi connectivity index (χ4n) is 1.74. The molecule has 2 unspecified atom stereocenters. The standard InChI is InChI=1S/C8H11N5/c9-4-6-5-11-13(12-6)8-3-1-2-7(8)10/h5,7-8H,1-3,10H2. The number of nitriles is 1. The van der Waals surface area contributed by atoms with Gasteiger partial charge in [0.05, 0.1) is 12.2 Å². The van der Waals surface area contributed by atoms with E-state index in [0.717, 1.165) is 19.3 Å². The summed E-state index contributed by atoms with van der Waals surface area (Å²) in [6, 6.07) is 2.27. The van der Waals surface area contributed by atoms with Crippen molar-refractivity contribution < 1.29 is 0 Å². The van der Waals surface area contributed by atoms with Gasteiger partial charge in [-0.15, -0.1) is 5.10 Å². The van der Waals surface area contributed by atoms with Crippen molar-refractivity contribution in [1.82, 2.24) is 15.0 Å². The van der Waals surface area contributed by atoms with Gasteiger partial charge in [-0.05, 0) is 19.3 Å². The Morgan fingerprint density at radius 1 is 1.62 bits per heavy atom. The lowest BCUT2D eigenvalue weighted by Crippen LogP contribution is -2.28. The summed E-state index contributed by atoms with van der Waals surface area (Å²) in [4.78, 5) is 1.58. The van der Waals surface area contributed by atoms with Crippen LogP contribution in [-0.4, -0.2) is 21.0 Å². The lowest BCUT2D eigenvalue weighted by Gasteiger charge is -2.13. The minimum atomic E-state index is 0.138. The minimum absolute atomic E-state index is 0.138. The first-order chi connectivity index (χ1) is 6.31. The SMILES string of the molecule is N#Cc1cnn(C2CCCC2N)n1. The van der Waals surface area contributed by atoms with Gasteiger partial charge in [0.1, 0.15) is 6.07 Å². The van der Waals surface area contributed by atoms with Gasteiger partial charge in [0.25, 0.3) is 0 Å². The Labute approximate surface area is 76.1 Å². The molecule has 2 atom stereocenters. The van der Waals surface area contributed by atoms with Crippen LogP contribution in [0.15, 0.2) is 6.20 Å². The number of rotatable bonds is 1. The highest BCUT2D eigenvalue weighted by molar-refractivity contribution is 5.13. The Kier molecular flexibility index (Phi) is 1.99. The molecule has 1 aliphatic rings. The summed E-state index contributed by atoms with van der Waals surface area (Å²) in [7, 11) is 0. The second-order valence-electron chi connectivity index (χ2n) is 3.32. The Morgan fingerprint density at radius 2 is 2.46 bits per heavy atom. The van der Waals surface area contributed by atoms with Crippen molar-refractivity contribution in [2.75, 3.05) is 0 Å². The van der Waals surface area contributed by atoms with Crippen LogP contribution < -0.4 is 5.73 Å². The second kappa shape index (κ2) is 3.15. The molecule has 0 radical (unpaired) electrons. The van der Waals surface area contributed by atoms with Crippen LogP contribution in [0, 0.1) is 11.3 Å². The van der Waals surface area contributed by atoms with Gasteiger partial charge in [-0.25, -0.2) is 0 Å². The molecule has 0 aliphatic heterocycles. The van der Waals surface area contributed by atoms with E-state index >= 15 is 0 Å². The molecule has 0 saturated heterocycles.